The molecule has 0 saturated heterocycles. The third-order valence-corrected chi connectivity index (χ3v) is 5.17. The summed E-state index contributed by atoms with van der Waals surface area (Å²) < 4.78 is 45.1. The minimum Gasteiger partial charge on any atom is -0.468 e. The van der Waals surface area contributed by atoms with Gasteiger partial charge in [0.2, 0.25) is 0 Å². The number of carbonyl (C=O) groups excluding carboxylic acids is 1. The number of alkyl halides is 2. The van der Waals surface area contributed by atoms with Gasteiger partial charge in [-0.1, -0.05) is 12.1 Å². The summed E-state index contributed by atoms with van der Waals surface area (Å²) in [5.74, 6) is -0.922. The van der Waals surface area contributed by atoms with Crippen LogP contribution in [0, 0.1) is 12.7 Å². The molecule has 0 radical (unpaired) electrons. The van der Waals surface area contributed by atoms with Crippen molar-refractivity contribution in [3.05, 3.63) is 53.1 Å². The molecule has 2 atom stereocenters. The van der Waals surface area contributed by atoms with Gasteiger partial charge in [0.05, 0.1) is 18.7 Å². The van der Waals surface area contributed by atoms with E-state index in [1.807, 2.05) is 0 Å². The lowest BCUT2D eigenvalue weighted by atomic mass is 9.75. The van der Waals surface area contributed by atoms with Crippen LogP contribution in [-0.2, 0) is 14.9 Å². The first-order valence-electron chi connectivity index (χ1n) is 8.05. The quantitative estimate of drug-likeness (QED) is 0.778. The molecule has 0 aliphatic heterocycles. The second-order valence-corrected chi connectivity index (χ2v) is 6.46. The molecule has 25 heavy (non-hydrogen) atoms. The summed E-state index contributed by atoms with van der Waals surface area (Å²) in [6.45, 7) is -1.07. The highest BCUT2D eigenvalue weighted by atomic mass is 19.3. The predicted octanol–water partition coefficient (Wildman–Crippen LogP) is 4.10. The predicted molar refractivity (Wildman–Crippen MR) is 84.9 cm³/mol. The molecular formula is C18H19F3N2O2. The molecule has 7 heteroatoms. The van der Waals surface area contributed by atoms with Gasteiger partial charge in [0.25, 0.3) is 0 Å². The zero-order valence-corrected chi connectivity index (χ0v) is 14.0. The van der Waals surface area contributed by atoms with Crippen molar-refractivity contribution in [2.24, 2.45) is 0 Å². The first kappa shape index (κ1) is 17.5. The van der Waals surface area contributed by atoms with Crippen LogP contribution in [0.1, 0.15) is 48.4 Å². The number of esters is 1. The van der Waals surface area contributed by atoms with Crippen LogP contribution in [0.3, 0.4) is 0 Å². The Hall–Kier alpha value is -2.31. The number of carbonyl (C=O) groups is 1. The van der Waals surface area contributed by atoms with Gasteiger partial charge < -0.3 is 4.74 Å². The molecule has 1 aromatic heterocycles. The number of ether oxygens (including phenoxy) is 1. The normalized spacial score (nSPS) is 23.2. The highest BCUT2D eigenvalue weighted by Crippen LogP contribution is 2.50. The number of halogens is 3. The van der Waals surface area contributed by atoms with Crippen LogP contribution in [0.25, 0.3) is 0 Å². The van der Waals surface area contributed by atoms with E-state index in [-0.39, 0.29) is 11.7 Å². The average Bonchev–Trinajstić information content (AvgIpc) is 3.24. The number of hydrogen-bond acceptors (Lipinski definition) is 3. The Balaban J connectivity index is 1.98. The molecule has 2 aromatic rings. The fourth-order valence-electron chi connectivity index (χ4n) is 3.86. The summed E-state index contributed by atoms with van der Waals surface area (Å²) in [5, 5.41) is 3.67. The summed E-state index contributed by atoms with van der Waals surface area (Å²) in [5.41, 5.74) is 0.693. The molecule has 1 heterocycles. The van der Waals surface area contributed by atoms with Crippen LogP contribution in [-0.4, -0.2) is 22.9 Å². The van der Waals surface area contributed by atoms with Gasteiger partial charge in [-0.2, -0.15) is 13.9 Å². The molecule has 1 fully saturated rings. The lowest BCUT2D eigenvalue weighted by molar-refractivity contribution is -0.147. The maximum absolute atomic E-state index is 14.0. The first-order chi connectivity index (χ1) is 11.9. The minimum absolute atomic E-state index is 0.116. The highest BCUT2D eigenvalue weighted by molar-refractivity contribution is 5.84. The Morgan fingerprint density at radius 3 is 2.84 bits per heavy atom. The molecule has 134 valence electrons. The summed E-state index contributed by atoms with van der Waals surface area (Å²) in [7, 11) is 1.31. The molecule has 4 nitrogen and oxygen atoms in total. The lowest BCUT2D eigenvalue weighted by Gasteiger charge is -2.28. The second kappa shape index (κ2) is 6.54. The van der Waals surface area contributed by atoms with E-state index in [0.29, 0.717) is 40.6 Å². The van der Waals surface area contributed by atoms with Crippen molar-refractivity contribution < 1.29 is 22.7 Å². The van der Waals surface area contributed by atoms with Crippen molar-refractivity contribution in [1.82, 2.24) is 9.78 Å². The SMILES string of the molecule is COC(=O)[C@@]1(c2cccc(F)c2C)CCC(c2cnn(C(F)F)c2)C1. The van der Waals surface area contributed by atoms with E-state index >= 15 is 0 Å². The number of aromatic nitrogens is 2. The Morgan fingerprint density at radius 2 is 2.20 bits per heavy atom. The van der Waals surface area contributed by atoms with Crippen LogP contribution in [0.15, 0.2) is 30.6 Å². The molecule has 0 N–H and O–H groups in total. The third kappa shape index (κ3) is 2.92. The van der Waals surface area contributed by atoms with Gasteiger partial charge >= 0.3 is 12.5 Å². The van der Waals surface area contributed by atoms with E-state index < -0.39 is 17.9 Å². The zero-order chi connectivity index (χ0) is 18.2. The number of hydrogen-bond donors (Lipinski definition) is 0. The van der Waals surface area contributed by atoms with Crippen molar-refractivity contribution in [1.29, 1.82) is 0 Å². The van der Waals surface area contributed by atoms with Crippen molar-refractivity contribution in [3.63, 3.8) is 0 Å². The molecule has 0 spiro atoms. The van der Waals surface area contributed by atoms with Gasteiger partial charge in [0.1, 0.15) is 5.82 Å². The van der Waals surface area contributed by atoms with E-state index in [1.54, 1.807) is 19.1 Å². The van der Waals surface area contributed by atoms with Crippen LogP contribution in [0.5, 0.6) is 0 Å². The van der Waals surface area contributed by atoms with Crippen LogP contribution in [0.2, 0.25) is 0 Å². The second-order valence-electron chi connectivity index (χ2n) is 6.46. The number of benzene rings is 1. The molecule has 1 unspecified atom stereocenters. The largest absolute Gasteiger partial charge is 0.468 e. The maximum atomic E-state index is 14.0. The Kier molecular flexibility index (Phi) is 4.58. The van der Waals surface area contributed by atoms with Crippen LogP contribution in [0.4, 0.5) is 13.2 Å². The molecular weight excluding hydrogens is 333 g/mol. The number of rotatable bonds is 4. The minimum atomic E-state index is -2.70. The van der Waals surface area contributed by atoms with E-state index in [2.05, 4.69) is 5.10 Å². The average molecular weight is 352 g/mol. The van der Waals surface area contributed by atoms with E-state index in [0.717, 1.165) is 0 Å². The maximum Gasteiger partial charge on any atom is 0.333 e. The molecule has 1 saturated carbocycles. The summed E-state index contributed by atoms with van der Waals surface area (Å²) in [6, 6.07) is 4.66. The van der Waals surface area contributed by atoms with Gasteiger partial charge in [-0.3, -0.25) is 4.79 Å². The smallest absolute Gasteiger partial charge is 0.333 e. The third-order valence-electron chi connectivity index (χ3n) is 5.17. The molecule has 0 bridgehead atoms. The van der Waals surface area contributed by atoms with Crippen molar-refractivity contribution in [3.8, 4) is 0 Å². The number of nitrogens with zero attached hydrogens (tertiary/aromatic N) is 2. The molecule has 1 aliphatic rings. The molecule has 1 aliphatic carbocycles. The molecule has 3 rings (SSSR count). The Labute approximate surface area is 143 Å². The van der Waals surface area contributed by atoms with E-state index in [4.69, 9.17) is 4.74 Å². The monoisotopic (exact) mass is 352 g/mol. The Bertz CT molecular complexity index is 790. The van der Waals surface area contributed by atoms with Crippen molar-refractivity contribution >= 4 is 5.97 Å². The Morgan fingerprint density at radius 1 is 1.44 bits per heavy atom. The van der Waals surface area contributed by atoms with Gasteiger partial charge in [-0.05, 0) is 54.9 Å². The first-order valence-corrected chi connectivity index (χ1v) is 8.05. The van der Waals surface area contributed by atoms with Gasteiger partial charge in [0, 0.05) is 6.20 Å². The van der Waals surface area contributed by atoms with Crippen molar-refractivity contribution in [2.45, 2.75) is 44.1 Å². The summed E-state index contributed by atoms with van der Waals surface area (Å²) >= 11 is 0. The van der Waals surface area contributed by atoms with Crippen molar-refractivity contribution in [2.75, 3.05) is 7.11 Å². The standard InChI is InChI=1S/C18H19F3N2O2/c1-11-14(4-3-5-15(11)19)18(16(24)25-2)7-6-12(8-18)13-9-22-23(10-13)17(20)21/h3-5,9-10,12,17H,6-8H2,1-2H3/t12?,18-/m0/s1. The van der Waals surface area contributed by atoms with Gasteiger partial charge in [-0.25, -0.2) is 9.07 Å². The highest BCUT2D eigenvalue weighted by Gasteiger charge is 2.49. The van der Waals surface area contributed by atoms with Crippen LogP contribution >= 0.6 is 0 Å². The topological polar surface area (TPSA) is 44.1 Å². The molecule has 0 amide bonds. The van der Waals surface area contributed by atoms with Gasteiger partial charge in [-0.15, -0.1) is 0 Å². The lowest BCUT2D eigenvalue weighted by Crippen LogP contribution is -2.35. The fourth-order valence-corrected chi connectivity index (χ4v) is 3.86. The summed E-state index contributed by atoms with van der Waals surface area (Å²) in [4.78, 5) is 12.6. The van der Waals surface area contributed by atoms with Crippen LogP contribution < -0.4 is 0 Å². The van der Waals surface area contributed by atoms with E-state index in [9.17, 15) is 18.0 Å². The number of methoxy groups -OCH3 is 1. The van der Waals surface area contributed by atoms with E-state index in [1.165, 1.54) is 25.6 Å². The zero-order valence-electron chi connectivity index (χ0n) is 14.0. The summed E-state index contributed by atoms with van der Waals surface area (Å²) in [6.07, 6.45) is 4.16. The fraction of sp³-hybridized carbons (Fsp3) is 0.444. The van der Waals surface area contributed by atoms with Gasteiger partial charge in [0.15, 0.2) is 0 Å². The molecule has 1 aromatic carbocycles.